The molecule has 206 valence electrons. The van der Waals surface area contributed by atoms with Crippen LogP contribution < -0.4 is 5.56 Å². The minimum Gasteiger partial charge on any atom is -0.442 e. The van der Waals surface area contributed by atoms with Crippen LogP contribution >= 0.6 is 0 Å². The normalized spacial score (nSPS) is 20.5. The van der Waals surface area contributed by atoms with E-state index in [4.69, 9.17) is 4.74 Å². The van der Waals surface area contributed by atoms with Crippen molar-refractivity contribution in [3.63, 3.8) is 0 Å². The number of pyridine rings is 1. The third-order valence-electron chi connectivity index (χ3n) is 8.31. The van der Waals surface area contributed by atoms with Gasteiger partial charge in [-0.25, -0.2) is 4.79 Å². The first-order valence-electron chi connectivity index (χ1n) is 14.1. The zero-order valence-electron chi connectivity index (χ0n) is 23.5. The minimum atomic E-state index is -0.830. The van der Waals surface area contributed by atoms with Crippen molar-refractivity contribution in [2.24, 2.45) is 0 Å². The fourth-order valence-corrected chi connectivity index (χ4v) is 5.71. The predicted octanol–water partition coefficient (Wildman–Crippen LogP) is 6.59. The number of hydrogen-bond acceptors (Lipinski definition) is 4. The van der Waals surface area contributed by atoms with Crippen LogP contribution in [0.4, 0.5) is 4.79 Å². The highest BCUT2D eigenvalue weighted by molar-refractivity contribution is 5.71. The number of benzene rings is 2. The second-order valence-electron chi connectivity index (χ2n) is 12.1. The summed E-state index contributed by atoms with van der Waals surface area (Å²) in [5.74, 6) is 0. The Balaban J connectivity index is 1.32. The number of hydrogen-bond donors (Lipinski definition) is 1. The van der Waals surface area contributed by atoms with Gasteiger partial charge < -0.3 is 19.3 Å². The highest BCUT2D eigenvalue weighted by Gasteiger charge is 2.43. The van der Waals surface area contributed by atoms with Crippen LogP contribution in [-0.4, -0.2) is 38.4 Å². The summed E-state index contributed by atoms with van der Waals surface area (Å²) in [7, 11) is 0. The molecule has 5 rings (SSSR count). The van der Waals surface area contributed by atoms with Crippen molar-refractivity contribution in [3.8, 4) is 11.1 Å². The average Bonchev–Trinajstić information content (AvgIpc) is 3.73. The third-order valence-corrected chi connectivity index (χ3v) is 8.31. The van der Waals surface area contributed by atoms with Crippen LogP contribution in [0.15, 0.2) is 71.7 Å². The first-order valence-corrected chi connectivity index (χ1v) is 14.1. The maximum Gasteiger partial charge on any atom is 0.410 e. The first kappa shape index (κ1) is 27.2. The van der Waals surface area contributed by atoms with Gasteiger partial charge in [-0.3, -0.25) is 4.79 Å². The predicted molar refractivity (Wildman–Crippen MR) is 154 cm³/mol. The molecule has 1 aliphatic heterocycles. The van der Waals surface area contributed by atoms with Gasteiger partial charge in [0.25, 0.3) is 5.56 Å². The van der Waals surface area contributed by atoms with Crippen molar-refractivity contribution < 1.29 is 14.6 Å². The molecule has 1 aromatic heterocycles. The number of ether oxygens (including phenoxy) is 1. The van der Waals surface area contributed by atoms with Crippen LogP contribution in [0.1, 0.15) is 81.6 Å². The molecule has 1 amide bonds. The van der Waals surface area contributed by atoms with E-state index in [1.807, 2.05) is 54.9 Å². The van der Waals surface area contributed by atoms with Gasteiger partial charge in [-0.1, -0.05) is 48.5 Å². The molecule has 0 radical (unpaired) electrons. The Morgan fingerprint density at radius 2 is 1.82 bits per heavy atom. The van der Waals surface area contributed by atoms with Gasteiger partial charge in [-0.05, 0) is 87.3 Å². The summed E-state index contributed by atoms with van der Waals surface area (Å²) in [6, 6.07) is 20.3. The molecule has 2 atom stereocenters. The fourth-order valence-electron chi connectivity index (χ4n) is 5.71. The molecule has 2 aliphatic rings. The topological polar surface area (TPSA) is 71.8 Å². The molecule has 0 bridgehead atoms. The molecule has 1 saturated heterocycles. The Bertz CT molecular complexity index is 1390. The van der Waals surface area contributed by atoms with Gasteiger partial charge >= 0.3 is 6.09 Å². The largest absolute Gasteiger partial charge is 0.442 e. The number of nitrogens with zero attached hydrogens (tertiary/aromatic N) is 2. The summed E-state index contributed by atoms with van der Waals surface area (Å²) < 4.78 is 8.07. The van der Waals surface area contributed by atoms with E-state index in [-0.39, 0.29) is 17.7 Å². The van der Waals surface area contributed by atoms with E-state index in [1.165, 1.54) is 0 Å². The van der Waals surface area contributed by atoms with Crippen LogP contribution in [0.2, 0.25) is 0 Å². The lowest BCUT2D eigenvalue weighted by Crippen LogP contribution is -2.52. The highest BCUT2D eigenvalue weighted by Crippen LogP contribution is 2.38. The summed E-state index contributed by atoms with van der Waals surface area (Å²) in [5.41, 5.74) is 3.75. The van der Waals surface area contributed by atoms with E-state index in [0.717, 1.165) is 40.7 Å². The summed E-state index contributed by atoms with van der Waals surface area (Å²) in [5, 5.41) is 10.4. The Morgan fingerprint density at radius 1 is 1.08 bits per heavy atom. The molecular weight excluding hydrogens is 488 g/mol. The van der Waals surface area contributed by atoms with Crippen LogP contribution in [0.25, 0.3) is 11.1 Å². The van der Waals surface area contributed by atoms with Gasteiger partial charge in [0.15, 0.2) is 0 Å². The lowest BCUT2D eigenvalue weighted by atomic mass is 9.82. The number of cyclic esters (lactones) is 1. The standard InChI is InChI=1S/C33H40N2O4/c1-23-20-26(10-13-29(23)27-14-18-35(28-11-12-28)30(36)21-27)24(2)34-19-17-33(39-31(34)37,16-15-32(3,4)38)22-25-8-6-5-7-9-25/h5-10,13-14,18,20-21,24,28,38H,11-12,15-17,19,22H2,1-4H3/t24-,33+/m0/s1. The van der Waals surface area contributed by atoms with Gasteiger partial charge in [0.2, 0.25) is 0 Å². The number of aliphatic hydroxyl groups is 1. The molecule has 6 nitrogen and oxygen atoms in total. The minimum absolute atomic E-state index is 0.0477. The molecule has 2 heterocycles. The zero-order valence-corrected chi connectivity index (χ0v) is 23.5. The number of carbonyl (C=O) groups is 1. The molecule has 0 unspecified atom stereocenters. The maximum atomic E-state index is 13.4. The number of amides is 1. The average molecular weight is 529 g/mol. The number of aryl methyl sites for hydroxylation is 1. The van der Waals surface area contributed by atoms with Gasteiger partial charge in [0.1, 0.15) is 5.60 Å². The molecule has 0 spiro atoms. The van der Waals surface area contributed by atoms with Gasteiger partial charge in [0.05, 0.1) is 11.6 Å². The molecule has 6 heteroatoms. The van der Waals surface area contributed by atoms with E-state index >= 15 is 0 Å². The van der Waals surface area contributed by atoms with Crippen LogP contribution in [0.5, 0.6) is 0 Å². The highest BCUT2D eigenvalue weighted by atomic mass is 16.6. The molecule has 3 aromatic rings. The molecule has 1 N–H and O–H groups in total. The monoisotopic (exact) mass is 528 g/mol. The van der Waals surface area contributed by atoms with Gasteiger partial charge in [0, 0.05) is 37.7 Å². The van der Waals surface area contributed by atoms with Crippen LogP contribution in [0, 0.1) is 6.92 Å². The SMILES string of the molecule is Cc1cc([C@H](C)N2CC[C@](CCC(C)(C)O)(Cc3ccccc3)OC2=O)ccc1-c1ccn(C2CC2)c(=O)c1. The Kier molecular flexibility index (Phi) is 7.43. The Morgan fingerprint density at radius 3 is 2.44 bits per heavy atom. The Labute approximate surface area is 231 Å². The van der Waals surface area contributed by atoms with E-state index in [2.05, 4.69) is 24.3 Å². The Hall–Kier alpha value is -3.38. The summed E-state index contributed by atoms with van der Waals surface area (Å²) in [4.78, 5) is 27.8. The molecule has 1 aliphatic carbocycles. The lowest BCUT2D eigenvalue weighted by molar-refractivity contribution is -0.0718. The summed E-state index contributed by atoms with van der Waals surface area (Å²) >= 11 is 0. The third kappa shape index (κ3) is 6.27. The maximum absolute atomic E-state index is 13.4. The fraction of sp³-hybridized carbons (Fsp3) is 0.455. The second-order valence-corrected chi connectivity index (χ2v) is 12.1. The van der Waals surface area contributed by atoms with E-state index in [1.54, 1.807) is 24.8 Å². The number of aromatic nitrogens is 1. The van der Waals surface area contributed by atoms with E-state index in [0.29, 0.717) is 38.3 Å². The smallest absolute Gasteiger partial charge is 0.410 e. The van der Waals surface area contributed by atoms with Crippen molar-refractivity contribution in [1.82, 2.24) is 9.47 Å². The van der Waals surface area contributed by atoms with Crippen molar-refractivity contribution in [3.05, 3.63) is 93.9 Å². The summed E-state index contributed by atoms with van der Waals surface area (Å²) in [6.07, 6.45) is 6.24. The van der Waals surface area contributed by atoms with E-state index in [9.17, 15) is 14.7 Å². The number of carbonyl (C=O) groups excluding carboxylic acids is 1. The lowest BCUT2D eigenvalue weighted by Gasteiger charge is -2.44. The molecule has 2 fully saturated rings. The number of rotatable bonds is 9. The molecular formula is C33H40N2O4. The van der Waals surface area contributed by atoms with Crippen LogP contribution in [-0.2, 0) is 11.2 Å². The van der Waals surface area contributed by atoms with Gasteiger partial charge in [-0.15, -0.1) is 0 Å². The van der Waals surface area contributed by atoms with Crippen molar-refractivity contribution in [2.45, 2.75) is 89.5 Å². The molecule has 39 heavy (non-hydrogen) atoms. The van der Waals surface area contributed by atoms with Crippen molar-refractivity contribution in [2.75, 3.05) is 6.54 Å². The van der Waals surface area contributed by atoms with Crippen molar-refractivity contribution in [1.29, 1.82) is 0 Å². The molecule has 1 saturated carbocycles. The second kappa shape index (κ2) is 10.6. The summed E-state index contributed by atoms with van der Waals surface area (Å²) in [6.45, 7) is 8.26. The van der Waals surface area contributed by atoms with Crippen LogP contribution in [0.3, 0.4) is 0 Å². The van der Waals surface area contributed by atoms with Gasteiger partial charge in [-0.2, -0.15) is 0 Å². The van der Waals surface area contributed by atoms with E-state index < -0.39 is 11.2 Å². The molecule has 2 aromatic carbocycles. The first-order chi connectivity index (χ1) is 18.5. The quantitative estimate of drug-likeness (QED) is 0.340. The van der Waals surface area contributed by atoms with Crippen molar-refractivity contribution >= 4 is 6.09 Å². The zero-order chi connectivity index (χ0) is 27.8.